The van der Waals surface area contributed by atoms with Gasteiger partial charge in [-0.3, -0.25) is 0 Å². The van der Waals surface area contributed by atoms with Gasteiger partial charge in [-0.2, -0.15) is 0 Å². The molecule has 1 aromatic rings. The van der Waals surface area contributed by atoms with Gasteiger partial charge in [-0.25, -0.2) is 4.39 Å². The summed E-state index contributed by atoms with van der Waals surface area (Å²) in [5.74, 6) is 0. The van der Waals surface area contributed by atoms with E-state index in [1.807, 2.05) is 0 Å². The molecule has 0 heterocycles. The quantitative estimate of drug-likeness (QED) is 0.835. The second-order valence-electron chi connectivity index (χ2n) is 2.77. The van der Waals surface area contributed by atoms with E-state index in [4.69, 9.17) is 28.9 Å². The smallest absolute Gasteiger partial charge is 0.116 e. The highest BCUT2D eigenvalue weighted by molar-refractivity contribution is 6.33. The summed E-state index contributed by atoms with van der Waals surface area (Å²) < 4.78 is 12.9. The van der Waals surface area contributed by atoms with Crippen molar-refractivity contribution < 1.29 is 4.39 Å². The Morgan fingerprint density at radius 1 is 1.38 bits per heavy atom. The zero-order valence-corrected chi connectivity index (χ0v) is 8.45. The van der Waals surface area contributed by atoms with Crippen molar-refractivity contribution in [2.24, 2.45) is 5.73 Å². The molecule has 13 heavy (non-hydrogen) atoms. The normalized spacial score (nSPS) is 12.9. The Bertz CT molecular complexity index is 291. The third kappa shape index (κ3) is 3.14. The number of benzene rings is 1. The average molecular weight is 222 g/mol. The van der Waals surface area contributed by atoms with Gasteiger partial charge in [0, 0.05) is 23.0 Å². The molecular weight excluding hydrogens is 212 g/mol. The van der Waals surface area contributed by atoms with Crippen molar-refractivity contribution in [3.8, 4) is 0 Å². The van der Waals surface area contributed by atoms with Gasteiger partial charge >= 0.3 is 0 Å². The molecule has 0 saturated carbocycles. The van der Waals surface area contributed by atoms with Crippen molar-refractivity contribution in [1.82, 2.24) is 0 Å². The molecule has 72 valence electrons. The Hall–Kier alpha value is -0.310. The highest BCUT2D eigenvalue weighted by Crippen LogP contribution is 2.22. The number of alkyl halides is 1. The van der Waals surface area contributed by atoms with Gasteiger partial charge in [-0.05, 0) is 23.8 Å². The van der Waals surface area contributed by atoms with Crippen LogP contribution < -0.4 is 5.73 Å². The molecule has 1 atom stereocenters. The van der Waals surface area contributed by atoms with Crippen LogP contribution in [0.4, 0.5) is 4.39 Å². The number of halogens is 3. The lowest BCUT2D eigenvalue weighted by Crippen LogP contribution is -2.17. The lowest BCUT2D eigenvalue weighted by atomic mass is 10.1. The molecule has 1 aromatic carbocycles. The summed E-state index contributed by atoms with van der Waals surface area (Å²) in [6.07, 6.45) is -0.841. The molecule has 0 amide bonds. The lowest BCUT2D eigenvalue weighted by molar-refractivity contribution is 0.340. The van der Waals surface area contributed by atoms with Gasteiger partial charge in [0.15, 0.2) is 0 Å². The van der Waals surface area contributed by atoms with E-state index >= 15 is 0 Å². The SMILES string of the molecule is NCC(F)Cc1cc(Cl)ccc1Cl. The summed E-state index contributed by atoms with van der Waals surface area (Å²) in [7, 11) is 0. The van der Waals surface area contributed by atoms with Gasteiger partial charge in [0.25, 0.3) is 0 Å². The van der Waals surface area contributed by atoms with Crippen LogP contribution in [0.2, 0.25) is 10.0 Å². The van der Waals surface area contributed by atoms with Gasteiger partial charge < -0.3 is 5.73 Å². The standard InChI is InChI=1S/C9H10Cl2FN/c10-7-1-2-9(11)6(3-7)4-8(12)5-13/h1-3,8H,4-5,13H2. The molecule has 0 aromatic heterocycles. The van der Waals surface area contributed by atoms with E-state index in [1.54, 1.807) is 18.2 Å². The second kappa shape index (κ2) is 4.80. The van der Waals surface area contributed by atoms with E-state index in [1.165, 1.54) is 0 Å². The first-order valence-electron chi connectivity index (χ1n) is 3.91. The summed E-state index contributed by atoms with van der Waals surface area (Å²) in [6, 6.07) is 4.98. The van der Waals surface area contributed by atoms with Crippen LogP contribution in [0.5, 0.6) is 0 Å². The summed E-state index contributed by atoms with van der Waals surface area (Å²) in [6.45, 7) is 0.00282. The Balaban J connectivity index is 2.81. The molecule has 1 rings (SSSR count). The van der Waals surface area contributed by atoms with Crippen molar-refractivity contribution in [1.29, 1.82) is 0 Å². The molecule has 0 aliphatic carbocycles. The molecule has 0 saturated heterocycles. The van der Waals surface area contributed by atoms with Gasteiger partial charge in [-0.15, -0.1) is 0 Å². The fourth-order valence-corrected chi connectivity index (χ4v) is 1.41. The number of rotatable bonds is 3. The van der Waals surface area contributed by atoms with Crippen LogP contribution in [0.3, 0.4) is 0 Å². The fourth-order valence-electron chi connectivity index (χ4n) is 1.02. The van der Waals surface area contributed by atoms with E-state index in [2.05, 4.69) is 0 Å². The zero-order valence-electron chi connectivity index (χ0n) is 6.93. The molecule has 1 nitrogen and oxygen atoms in total. The first-order chi connectivity index (χ1) is 6.13. The minimum absolute atomic E-state index is 0.00282. The molecule has 0 radical (unpaired) electrons. The monoisotopic (exact) mass is 221 g/mol. The predicted octanol–water partition coefficient (Wildman–Crippen LogP) is 2.83. The minimum Gasteiger partial charge on any atom is -0.328 e. The average Bonchev–Trinajstić information content (AvgIpc) is 2.11. The van der Waals surface area contributed by atoms with Crippen molar-refractivity contribution in [2.75, 3.05) is 6.54 Å². The van der Waals surface area contributed by atoms with Crippen molar-refractivity contribution in [3.63, 3.8) is 0 Å². The summed E-state index contributed by atoms with van der Waals surface area (Å²) in [4.78, 5) is 0. The molecule has 0 aliphatic rings. The third-order valence-electron chi connectivity index (χ3n) is 1.70. The highest BCUT2D eigenvalue weighted by Gasteiger charge is 2.08. The molecule has 0 fully saturated rings. The van der Waals surface area contributed by atoms with Gasteiger partial charge in [0.2, 0.25) is 0 Å². The van der Waals surface area contributed by atoms with Crippen LogP contribution in [-0.2, 0) is 6.42 Å². The fraction of sp³-hybridized carbons (Fsp3) is 0.333. The van der Waals surface area contributed by atoms with Crippen LogP contribution in [0.25, 0.3) is 0 Å². The number of hydrogen-bond donors (Lipinski definition) is 1. The largest absolute Gasteiger partial charge is 0.328 e. The van der Waals surface area contributed by atoms with Gasteiger partial charge in [0.05, 0.1) is 0 Å². The first kappa shape index (κ1) is 10.8. The summed E-state index contributed by atoms with van der Waals surface area (Å²) in [5, 5.41) is 1.09. The molecule has 2 N–H and O–H groups in total. The Kier molecular flexibility index (Phi) is 3.97. The Morgan fingerprint density at radius 3 is 2.69 bits per heavy atom. The number of nitrogens with two attached hydrogens (primary N) is 1. The molecule has 4 heteroatoms. The van der Waals surface area contributed by atoms with Crippen LogP contribution in [0, 0.1) is 0 Å². The van der Waals surface area contributed by atoms with E-state index in [9.17, 15) is 4.39 Å². The van der Waals surface area contributed by atoms with Gasteiger partial charge in [-0.1, -0.05) is 23.2 Å². The highest BCUT2D eigenvalue weighted by atomic mass is 35.5. The van der Waals surface area contributed by atoms with Crippen molar-refractivity contribution in [2.45, 2.75) is 12.6 Å². The molecule has 0 bridgehead atoms. The van der Waals surface area contributed by atoms with Crippen molar-refractivity contribution >= 4 is 23.2 Å². The van der Waals surface area contributed by atoms with E-state index in [-0.39, 0.29) is 13.0 Å². The predicted molar refractivity (Wildman–Crippen MR) is 54.1 cm³/mol. The van der Waals surface area contributed by atoms with Crippen LogP contribution in [-0.4, -0.2) is 12.7 Å². The zero-order chi connectivity index (χ0) is 9.84. The van der Waals surface area contributed by atoms with E-state index in [0.717, 1.165) is 0 Å². The lowest BCUT2D eigenvalue weighted by Gasteiger charge is -2.07. The summed E-state index contributed by atoms with van der Waals surface area (Å²) in [5.41, 5.74) is 5.86. The molecule has 0 aliphatic heterocycles. The van der Waals surface area contributed by atoms with Crippen LogP contribution in [0.1, 0.15) is 5.56 Å². The minimum atomic E-state index is -1.06. The topological polar surface area (TPSA) is 26.0 Å². The maximum absolute atomic E-state index is 12.9. The van der Waals surface area contributed by atoms with E-state index in [0.29, 0.717) is 15.6 Å². The first-order valence-corrected chi connectivity index (χ1v) is 4.67. The Morgan fingerprint density at radius 2 is 2.08 bits per heavy atom. The third-order valence-corrected chi connectivity index (χ3v) is 2.31. The maximum Gasteiger partial charge on any atom is 0.116 e. The molecule has 1 unspecified atom stereocenters. The van der Waals surface area contributed by atoms with Crippen LogP contribution in [0.15, 0.2) is 18.2 Å². The number of hydrogen-bond acceptors (Lipinski definition) is 1. The van der Waals surface area contributed by atoms with Crippen LogP contribution >= 0.6 is 23.2 Å². The molecular formula is C9H10Cl2FN. The Labute approximate surface area is 86.6 Å². The summed E-state index contributed by atoms with van der Waals surface area (Å²) >= 11 is 11.6. The second-order valence-corrected chi connectivity index (χ2v) is 3.62. The molecule has 0 spiro atoms. The maximum atomic E-state index is 12.9. The van der Waals surface area contributed by atoms with E-state index < -0.39 is 6.17 Å². The van der Waals surface area contributed by atoms with Gasteiger partial charge in [0.1, 0.15) is 6.17 Å². The van der Waals surface area contributed by atoms with Crippen molar-refractivity contribution in [3.05, 3.63) is 33.8 Å².